The number of ether oxygens (including phenoxy) is 3. The van der Waals surface area contributed by atoms with Gasteiger partial charge in [0.2, 0.25) is 0 Å². The van der Waals surface area contributed by atoms with Gasteiger partial charge in [-0.15, -0.1) is 0 Å². The summed E-state index contributed by atoms with van der Waals surface area (Å²) in [5.41, 5.74) is 0. The van der Waals surface area contributed by atoms with E-state index in [1.54, 1.807) is 0 Å². The summed E-state index contributed by atoms with van der Waals surface area (Å²) in [5.74, 6) is 0. The minimum atomic E-state index is 0.172. The summed E-state index contributed by atoms with van der Waals surface area (Å²) in [7, 11) is 0. The molecule has 0 bridgehead atoms. The van der Waals surface area contributed by atoms with Crippen LogP contribution >= 0.6 is 0 Å². The highest BCUT2D eigenvalue weighted by molar-refractivity contribution is 4.57. The maximum Gasteiger partial charge on any atom is 0.147 e. The Morgan fingerprint density at radius 1 is 1.31 bits per heavy atom. The Bertz CT molecular complexity index is 111. The molecule has 0 radical (unpaired) electrons. The molecule has 0 spiro atoms. The third-order valence-corrected chi connectivity index (χ3v) is 2.14. The SMILES string of the molecule is CCCCCCOCC1COCO1. The third-order valence-electron chi connectivity index (χ3n) is 2.14. The van der Waals surface area contributed by atoms with E-state index >= 15 is 0 Å². The van der Waals surface area contributed by atoms with Crippen LogP contribution in [0.15, 0.2) is 0 Å². The van der Waals surface area contributed by atoms with E-state index in [1.807, 2.05) is 0 Å². The lowest BCUT2D eigenvalue weighted by molar-refractivity contribution is 0.00449. The van der Waals surface area contributed by atoms with E-state index in [0.717, 1.165) is 6.61 Å². The molecule has 1 rings (SSSR count). The standard InChI is InChI=1S/C10H20O3/c1-2-3-4-5-6-11-7-10-8-12-9-13-10/h10H,2-9H2,1H3. The normalized spacial score (nSPS) is 22.4. The van der Waals surface area contributed by atoms with E-state index in [2.05, 4.69) is 6.92 Å². The van der Waals surface area contributed by atoms with Crippen molar-refractivity contribution in [3.63, 3.8) is 0 Å². The largest absolute Gasteiger partial charge is 0.379 e. The summed E-state index contributed by atoms with van der Waals surface area (Å²) in [6.07, 6.45) is 5.21. The topological polar surface area (TPSA) is 27.7 Å². The average molecular weight is 188 g/mol. The van der Waals surface area contributed by atoms with Crippen LogP contribution in [-0.2, 0) is 14.2 Å². The minimum Gasteiger partial charge on any atom is -0.379 e. The quantitative estimate of drug-likeness (QED) is 0.572. The van der Waals surface area contributed by atoms with Gasteiger partial charge in [0.05, 0.1) is 13.2 Å². The van der Waals surface area contributed by atoms with Crippen LogP contribution in [0.4, 0.5) is 0 Å². The van der Waals surface area contributed by atoms with Gasteiger partial charge >= 0.3 is 0 Å². The monoisotopic (exact) mass is 188 g/mol. The highest BCUT2D eigenvalue weighted by atomic mass is 16.7. The Labute approximate surface area is 80.4 Å². The second-order valence-electron chi connectivity index (χ2n) is 3.41. The molecule has 1 fully saturated rings. The van der Waals surface area contributed by atoms with Gasteiger partial charge in [0.1, 0.15) is 12.9 Å². The molecule has 1 heterocycles. The van der Waals surface area contributed by atoms with Crippen LogP contribution in [0, 0.1) is 0 Å². The smallest absolute Gasteiger partial charge is 0.147 e. The summed E-state index contributed by atoms with van der Waals surface area (Å²) >= 11 is 0. The number of unbranched alkanes of at least 4 members (excludes halogenated alkanes) is 3. The van der Waals surface area contributed by atoms with Gasteiger partial charge in [0.15, 0.2) is 0 Å². The van der Waals surface area contributed by atoms with Crippen molar-refractivity contribution in [2.75, 3.05) is 26.6 Å². The van der Waals surface area contributed by atoms with Gasteiger partial charge in [0, 0.05) is 6.61 Å². The molecule has 0 N–H and O–H groups in total. The van der Waals surface area contributed by atoms with Crippen molar-refractivity contribution in [1.29, 1.82) is 0 Å². The Morgan fingerprint density at radius 2 is 2.23 bits per heavy atom. The lowest BCUT2D eigenvalue weighted by Gasteiger charge is -2.07. The number of hydrogen-bond donors (Lipinski definition) is 0. The zero-order valence-corrected chi connectivity index (χ0v) is 8.46. The van der Waals surface area contributed by atoms with Gasteiger partial charge in [-0.1, -0.05) is 26.2 Å². The first-order valence-electron chi connectivity index (χ1n) is 5.20. The lowest BCUT2D eigenvalue weighted by Crippen LogP contribution is -2.17. The summed E-state index contributed by atoms with van der Waals surface area (Å²) in [4.78, 5) is 0. The maximum absolute atomic E-state index is 5.46. The fourth-order valence-electron chi connectivity index (χ4n) is 1.31. The van der Waals surface area contributed by atoms with Gasteiger partial charge in [-0.3, -0.25) is 0 Å². The van der Waals surface area contributed by atoms with Crippen molar-refractivity contribution in [2.24, 2.45) is 0 Å². The zero-order valence-electron chi connectivity index (χ0n) is 8.46. The molecule has 0 aromatic heterocycles. The predicted molar refractivity (Wildman–Crippen MR) is 50.7 cm³/mol. The average Bonchev–Trinajstić information content (AvgIpc) is 2.63. The molecule has 0 aliphatic carbocycles. The van der Waals surface area contributed by atoms with Crippen LogP contribution in [-0.4, -0.2) is 32.7 Å². The molecular weight excluding hydrogens is 168 g/mol. The Hall–Kier alpha value is -0.120. The van der Waals surface area contributed by atoms with E-state index in [-0.39, 0.29) is 6.10 Å². The van der Waals surface area contributed by atoms with Gasteiger partial charge in [0.25, 0.3) is 0 Å². The van der Waals surface area contributed by atoms with Crippen molar-refractivity contribution >= 4 is 0 Å². The summed E-state index contributed by atoms with van der Waals surface area (Å²) in [6, 6.07) is 0. The molecular formula is C10H20O3. The summed E-state index contributed by atoms with van der Waals surface area (Å²) < 4.78 is 15.7. The Balaban J connectivity index is 1.78. The predicted octanol–water partition coefficient (Wildman–Crippen LogP) is 1.96. The Kier molecular flexibility index (Phi) is 6.15. The molecule has 0 aromatic rings. The Morgan fingerprint density at radius 3 is 2.92 bits per heavy atom. The molecule has 3 nitrogen and oxygen atoms in total. The molecule has 1 aliphatic heterocycles. The molecule has 1 unspecified atom stereocenters. The minimum absolute atomic E-state index is 0.172. The molecule has 3 heteroatoms. The van der Waals surface area contributed by atoms with Gasteiger partial charge < -0.3 is 14.2 Å². The van der Waals surface area contributed by atoms with E-state index in [1.165, 1.54) is 25.7 Å². The molecule has 78 valence electrons. The van der Waals surface area contributed by atoms with Crippen LogP contribution in [0.3, 0.4) is 0 Å². The second-order valence-corrected chi connectivity index (χ2v) is 3.41. The van der Waals surface area contributed by atoms with Crippen LogP contribution in [0.5, 0.6) is 0 Å². The molecule has 1 atom stereocenters. The molecule has 0 amide bonds. The molecule has 1 aliphatic rings. The second kappa shape index (κ2) is 7.30. The molecule has 13 heavy (non-hydrogen) atoms. The van der Waals surface area contributed by atoms with Crippen LogP contribution in [0.2, 0.25) is 0 Å². The first kappa shape index (κ1) is 11.0. The van der Waals surface area contributed by atoms with Crippen LogP contribution in [0.1, 0.15) is 32.6 Å². The first-order valence-corrected chi connectivity index (χ1v) is 5.20. The summed E-state index contributed by atoms with van der Waals surface area (Å²) in [5, 5.41) is 0. The fraction of sp³-hybridized carbons (Fsp3) is 1.00. The first-order chi connectivity index (χ1) is 6.43. The highest BCUT2D eigenvalue weighted by Crippen LogP contribution is 2.04. The summed E-state index contributed by atoms with van der Waals surface area (Å²) in [6.45, 7) is 4.88. The number of rotatable bonds is 7. The van der Waals surface area contributed by atoms with E-state index in [9.17, 15) is 0 Å². The molecule has 1 saturated heterocycles. The maximum atomic E-state index is 5.46. The van der Waals surface area contributed by atoms with Crippen molar-refractivity contribution in [3.8, 4) is 0 Å². The van der Waals surface area contributed by atoms with Gasteiger partial charge in [-0.2, -0.15) is 0 Å². The number of hydrogen-bond acceptors (Lipinski definition) is 3. The van der Waals surface area contributed by atoms with E-state index < -0.39 is 0 Å². The van der Waals surface area contributed by atoms with Crippen LogP contribution < -0.4 is 0 Å². The molecule has 0 aromatic carbocycles. The van der Waals surface area contributed by atoms with Crippen molar-refractivity contribution in [3.05, 3.63) is 0 Å². The third kappa shape index (κ3) is 5.24. The lowest BCUT2D eigenvalue weighted by atomic mass is 10.2. The van der Waals surface area contributed by atoms with Crippen LogP contribution in [0.25, 0.3) is 0 Å². The van der Waals surface area contributed by atoms with Crippen molar-refractivity contribution in [1.82, 2.24) is 0 Å². The van der Waals surface area contributed by atoms with Crippen molar-refractivity contribution < 1.29 is 14.2 Å². The van der Waals surface area contributed by atoms with Gasteiger partial charge in [-0.25, -0.2) is 0 Å². The molecule has 0 saturated carbocycles. The van der Waals surface area contributed by atoms with Crippen molar-refractivity contribution in [2.45, 2.75) is 38.7 Å². The van der Waals surface area contributed by atoms with E-state index in [0.29, 0.717) is 20.0 Å². The zero-order chi connectivity index (χ0) is 9.36. The van der Waals surface area contributed by atoms with Gasteiger partial charge in [-0.05, 0) is 6.42 Å². The fourth-order valence-corrected chi connectivity index (χ4v) is 1.31. The van der Waals surface area contributed by atoms with E-state index in [4.69, 9.17) is 14.2 Å². The highest BCUT2D eigenvalue weighted by Gasteiger charge is 2.15.